The molecule has 156 valence electrons. The van der Waals surface area contributed by atoms with Crippen molar-refractivity contribution in [2.75, 3.05) is 0 Å². The number of ether oxygens (including phenoxy) is 1. The first-order valence-corrected chi connectivity index (χ1v) is 11.0. The summed E-state index contributed by atoms with van der Waals surface area (Å²) in [5, 5.41) is 4.93. The molecule has 2 rings (SSSR count). The molecule has 2 atom stereocenters. The highest BCUT2D eigenvalue weighted by atomic mass is 35.5. The molecule has 1 aliphatic rings. The third-order valence-corrected chi connectivity index (χ3v) is 5.50. The van der Waals surface area contributed by atoms with Crippen molar-refractivity contribution in [2.24, 2.45) is 11.8 Å². The molecule has 0 spiro atoms. The zero-order valence-corrected chi connectivity index (χ0v) is 18.9. The fraction of sp³-hybridized carbons (Fsp3) is 0.625. The van der Waals surface area contributed by atoms with Crippen LogP contribution in [0.25, 0.3) is 0 Å². The summed E-state index contributed by atoms with van der Waals surface area (Å²) < 4.78 is 12.2. The molecule has 1 aromatic heterocycles. The minimum atomic E-state index is 0.272. The van der Waals surface area contributed by atoms with E-state index in [0.717, 1.165) is 36.3 Å². The van der Waals surface area contributed by atoms with E-state index < -0.39 is 0 Å². The second-order valence-electron chi connectivity index (χ2n) is 8.61. The number of rotatable bonds is 12. The molecule has 1 heterocycles. The summed E-state index contributed by atoms with van der Waals surface area (Å²) in [7, 11) is 0. The van der Waals surface area contributed by atoms with Gasteiger partial charge in [0.1, 0.15) is 5.76 Å². The van der Waals surface area contributed by atoms with Gasteiger partial charge in [-0.2, -0.15) is 0 Å². The molecule has 2 unspecified atom stereocenters. The Morgan fingerprint density at radius 2 is 2.07 bits per heavy atom. The van der Waals surface area contributed by atoms with Crippen LogP contribution in [0.15, 0.2) is 39.9 Å². The maximum atomic E-state index is 6.44. The Balaban J connectivity index is 2.13. The second-order valence-corrected chi connectivity index (χ2v) is 9.09. The van der Waals surface area contributed by atoms with Crippen molar-refractivity contribution in [3.8, 4) is 0 Å². The van der Waals surface area contributed by atoms with Gasteiger partial charge in [-0.1, -0.05) is 75.2 Å². The van der Waals surface area contributed by atoms with Crippen LogP contribution >= 0.6 is 11.6 Å². The maximum Gasteiger partial charge on any atom is 0.145 e. The van der Waals surface area contributed by atoms with Crippen molar-refractivity contribution in [3.63, 3.8) is 0 Å². The first-order chi connectivity index (χ1) is 13.3. The number of aromatic nitrogens is 1. The lowest BCUT2D eigenvalue weighted by Gasteiger charge is -2.25. The lowest BCUT2D eigenvalue weighted by Crippen LogP contribution is -2.23. The molecule has 0 radical (unpaired) electrons. The van der Waals surface area contributed by atoms with Crippen LogP contribution < -0.4 is 0 Å². The van der Waals surface area contributed by atoms with Crippen molar-refractivity contribution >= 4 is 11.6 Å². The summed E-state index contributed by atoms with van der Waals surface area (Å²) in [6, 6.07) is 0. The molecule has 0 aliphatic heterocycles. The second kappa shape index (κ2) is 11.0. The van der Waals surface area contributed by atoms with E-state index in [2.05, 4.69) is 46.4 Å². The van der Waals surface area contributed by atoms with E-state index in [0.29, 0.717) is 29.4 Å². The highest BCUT2D eigenvalue weighted by Gasteiger charge is 2.32. The highest BCUT2D eigenvalue weighted by molar-refractivity contribution is 6.30. The Morgan fingerprint density at radius 3 is 2.64 bits per heavy atom. The summed E-state index contributed by atoms with van der Waals surface area (Å²) in [5.41, 5.74) is 3.37. The molecule has 4 heteroatoms. The number of allylic oxidation sites excluding steroid dienone is 5. The Bertz CT molecular complexity index is 697. The fourth-order valence-electron chi connectivity index (χ4n) is 3.34. The van der Waals surface area contributed by atoms with Gasteiger partial charge >= 0.3 is 0 Å². The van der Waals surface area contributed by atoms with Gasteiger partial charge in [-0.05, 0) is 44.1 Å². The van der Waals surface area contributed by atoms with Gasteiger partial charge < -0.3 is 9.26 Å². The van der Waals surface area contributed by atoms with Gasteiger partial charge in [-0.3, -0.25) is 0 Å². The molecule has 1 saturated carbocycles. The molecule has 0 aromatic carbocycles. The molecular formula is C24H36ClNO2. The zero-order valence-electron chi connectivity index (χ0n) is 18.1. The predicted octanol–water partition coefficient (Wildman–Crippen LogP) is 7.33. The molecular weight excluding hydrogens is 370 g/mol. The topological polar surface area (TPSA) is 35.3 Å². The van der Waals surface area contributed by atoms with Crippen LogP contribution in [0.2, 0.25) is 0 Å². The molecule has 0 N–H and O–H groups in total. The first-order valence-electron chi connectivity index (χ1n) is 10.6. The smallest absolute Gasteiger partial charge is 0.145 e. The van der Waals surface area contributed by atoms with E-state index in [1.54, 1.807) is 6.08 Å². The molecule has 1 aromatic rings. The van der Waals surface area contributed by atoms with Gasteiger partial charge in [0, 0.05) is 22.9 Å². The van der Waals surface area contributed by atoms with Gasteiger partial charge in [0.05, 0.1) is 18.4 Å². The standard InChI is InChI=1S/C24H36ClNO2/c1-7-18(5)23(13-16(2)3)27-15-21-22(26-28-24(21)20-11-12-20)14-17(4)9-8-10-19(6)25/h8-10,16,18,20,23H,6-7,11-15H2,1-5H3/b10-8-,17-9-. The van der Waals surface area contributed by atoms with Crippen LogP contribution in [0, 0.1) is 11.8 Å². The van der Waals surface area contributed by atoms with Crippen LogP contribution in [-0.2, 0) is 17.8 Å². The van der Waals surface area contributed by atoms with E-state index in [1.807, 2.05) is 12.2 Å². The van der Waals surface area contributed by atoms with Crippen LogP contribution in [0.5, 0.6) is 0 Å². The Labute approximate surface area is 175 Å². The lowest BCUT2D eigenvalue weighted by atomic mass is 9.94. The minimum absolute atomic E-state index is 0.272. The molecule has 0 bridgehead atoms. The molecule has 3 nitrogen and oxygen atoms in total. The van der Waals surface area contributed by atoms with Gasteiger partial charge in [0.15, 0.2) is 0 Å². The van der Waals surface area contributed by atoms with Crippen molar-refractivity contribution in [1.82, 2.24) is 5.16 Å². The van der Waals surface area contributed by atoms with Crippen molar-refractivity contribution in [1.29, 1.82) is 0 Å². The summed E-state index contributed by atoms with van der Waals surface area (Å²) in [6.45, 7) is 15.4. The number of halogens is 1. The summed E-state index contributed by atoms with van der Waals surface area (Å²) in [5.74, 6) is 2.73. The van der Waals surface area contributed by atoms with Gasteiger partial charge in [-0.15, -0.1) is 0 Å². The van der Waals surface area contributed by atoms with Crippen LogP contribution in [0.4, 0.5) is 0 Å². The van der Waals surface area contributed by atoms with E-state index in [4.69, 9.17) is 20.9 Å². The van der Waals surface area contributed by atoms with Gasteiger partial charge in [-0.25, -0.2) is 0 Å². The first kappa shape index (κ1) is 23.0. The third-order valence-electron chi connectivity index (χ3n) is 5.38. The molecule has 28 heavy (non-hydrogen) atoms. The van der Waals surface area contributed by atoms with Crippen molar-refractivity contribution in [2.45, 2.75) is 85.4 Å². The Morgan fingerprint density at radius 1 is 1.36 bits per heavy atom. The Kier molecular flexibility index (Phi) is 9.04. The lowest BCUT2D eigenvalue weighted by molar-refractivity contribution is -0.00863. The molecule has 0 saturated heterocycles. The molecule has 1 fully saturated rings. The van der Waals surface area contributed by atoms with E-state index in [-0.39, 0.29) is 6.10 Å². The number of hydrogen-bond donors (Lipinski definition) is 0. The largest absolute Gasteiger partial charge is 0.373 e. The summed E-state index contributed by atoms with van der Waals surface area (Å²) in [6.07, 6.45) is 11.4. The van der Waals surface area contributed by atoms with Crippen LogP contribution in [0.3, 0.4) is 0 Å². The van der Waals surface area contributed by atoms with E-state index in [9.17, 15) is 0 Å². The quantitative estimate of drug-likeness (QED) is 0.341. The monoisotopic (exact) mass is 405 g/mol. The average Bonchev–Trinajstić information content (AvgIpc) is 3.39. The SMILES string of the molecule is C=C(Cl)/C=C\C=C(\C)Cc1noc(C2CC2)c1COC(CC(C)C)C(C)CC. The fourth-order valence-corrected chi connectivity index (χ4v) is 3.41. The van der Waals surface area contributed by atoms with E-state index in [1.165, 1.54) is 18.4 Å². The van der Waals surface area contributed by atoms with Gasteiger partial charge in [0.2, 0.25) is 0 Å². The predicted molar refractivity (Wildman–Crippen MR) is 118 cm³/mol. The van der Waals surface area contributed by atoms with Crippen molar-refractivity contribution in [3.05, 3.63) is 52.4 Å². The highest BCUT2D eigenvalue weighted by Crippen LogP contribution is 2.43. The molecule has 0 amide bonds. The van der Waals surface area contributed by atoms with Crippen LogP contribution in [0.1, 0.15) is 83.2 Å². The maximum absolute atomic E-state index is 6.44. The number of nitrogens with zero attached hydrogens (tertiary/aromatic N) is 1. The third kappa shape index (κ3) is 7.25. The zero-order chi connectivity index (χ0) is 20.7. The normalized spacial score (nSPS) is 17.5. The summed E-state index contributed by atoms with van der Waals surface area (Å²) >= 11 is 5.78. The number of hydrogen-bond acceptors (Lipinski definition) is 3. The van der Waals surface area contributed by atoms with E-state index >= 15 is 0 Å². The van der Waals surface area contributed by atoms with Crippen LogP contribution in [-0.4, -0.2) is 11.3 Å². The van der Waals surface area contributed by atoms with Gasteiger partial charge in [0.25, 0.3) is 0 Å². The minimum Gasteiger partial charge on any atom is -0.373 e. The Hall–Kier alpha value is -1.32. The van der Waals surface area contributed by atoms with Crippen molar-refractivity contribution < 1.29 is 9.26 Å². The summed E-state index contributed by atoms with van der Waals surface area (Å²) in [4.78, 5) is 0. The molecule has 1 aliphatic carbocycles. The average molecular weight is 406 g/mol.